The van der Waals surface area contributed by atoms with Crippen LogP contribution in [0, 0.1) is 0 Å². The van der Waals surface area contributed by atoms with Gasteiger partial charge in [0.1, 0.15) is 6.54 Å². The zero-order chi connectivity index (χ0) is 17.3. The van der Waals surface area contributed by atoms with Crippen molar-refractivity contribution in [3.63, 3.8) is 0 Å². The van der Waals surface area contributed by atoms with Gasteiger partial charge in [0.2, 0.25) is 5.91 Å². The van der Waals surface area contributed by atoms with Gasteiger partial charge in [-0.3, -0.25) is 9.59 Å². The number of nitrogens with zero attached hydrogens (tertiary/aromatic N) is 2. The molecule has 1 saturated heterocycles. The number of rotatable bonds is 4. The summed E-state index contributed by atoms with van der Waals surface area (Å²) in [6.07, 6.45) is 0.803. The van der Waals surface area contributed by atoms with Crippen molar-refractivity contribution in [2.24, 2.45) is 0 Å². The molecule has 7 heteroatoms. The van der Waals surface area contributed by atoms with Crippen LogP contribution in [0.5, 0.6) is 0 Å². The lowest BCUT2D eigenvalue weighted by Crippen LogP contribution is -2.40. The van der Waals surface area contributed by atoms with E-state index in [0.29, 0.717) is 18.6 Å². The molecule has 0 saturated carbocycles. The molecule has 1 fully saturated rings. The van der Waals surface area contributed by atoms with E-state index in [0.717, 1.165) is 22.0 Å². The lowest BCUT2D eigenvalue weighted by Gasteiger charge is -2.15. The van der Waals surface area contributed by atoms with Gasteiger partial charge in [-0.15, -0.1) is 0 Å². The number of hydrogen-bond acceptors (Lipinski definition) is 4. The topological polar surface area (TPSA) is 73.2 Å². The van der Waals surface area contributed by atoms with Gasteiger partial charge in [0.25, 0.3) is 5.56 Å². The number of ether oxygens (including phenoxy) is 1. The molecule has 1 atom stereocenters. The van der Waals surface area contributed by atoms with Crippen LogP contribution in [-0.2, 0) is 16.1 Å². The molecular weight excluding hydrogens is 374 g/mol. The summed E-state index contributed by atoms with van der Waals surface area (Å²) < 4.78 is 7.41. The first-order chi connectivity index (χ1) is 11.5. The number of fused-ring (bicyclic) bond motifs is 1. The first-order valence-electron chi connectivity index (χ1n) is 8.03. The second kappa shape index (κ2) is 7.03. The molecule has 2 aromatic rings. The first-order valence-corrected chi connectivity index (χ1v) is 8.82. The van der Waals surface area contributed by atoms with E-state index in [9.17, 15) is 9.59 Å². The highest BCUT2D eigenvalue weighted by Crippen LogP contribution is 2.24. The van der Waals surface area contributed by atoms with Crippen molar-refractivity contribution in [3.05, 3.63) is 38.7 Å². The molecule has 0 radical (unpaired) electrons. The van der Waals surface area contributed by atoms with E-state index >= 15 is 0 Å². The average Bonchev–Trinajstić information content (AvgIpc) is 3.02. The molecule has 1 aromatic heterocycles. The van der Waals surface area contributed by atoms with Crippen molar-refractivity contribution >= 4 is 32.6 Å². The molecule has 0 spiro atoms. The molecule has 0 bridgehead atoms. The lowest BCUT2D eigenvalue weighted by molar-refractivity contribution is -0.122. The predicted molar refractivity (Wildman–Crippen MR) is 95.2 cm³/mol. The van der Waals surface area contributed by atoms with Crippen LogP contribution >= 0.6 is 15.9 Å². The van der Waals surface area contributed by atoms with Crippen molar-refractivity contribution < 1.29 is 9.53 Å². The van der Waals surface area contributed by atoms with Crippen LogP contribution in [0.2, 0.25) is 0 Å². The van der Waals surface area contributed by atoms with Crippen molar-refractivity contribution in [1.29, 1.82) is 0 Å². The number of carbonyl (C=O) groups excluding carboxylic acids is 1. The van der Waals surface area contributed by atoms with Gasteiger partial charge in [0.05, 0.1) is 23.7 Å². The van der Waals surface area contributed by atoms with Gasteiger partial charge in [-0.25, -0.2) is 4.68 Å². The number of benzene rings is 1. The Morgan fingerprint density at radius 1 is 1.46 bits per heavy atom. The van der Waals surface area contributed by atoms with Gasteiger partial charge in [-0.2, -0.15) is 5.10 Å². The van der Waals surface area contributed by atoms with E-state index in [1.807, 2.05) is 26.0 Å². The molecule has 1 aliphatic rings. The van der Waals surface area contributed by atoms with Gasteiger partial charge in [0.15, 0.2) is 0 Å². The molecule has 0 aliphatic carbocycles. The number of aromatic nitrogens is 2. The Kier molecular flexibility index (Phi) is 5.01. The lowest BCUT2D eigenvalue weighted by atomic mass is 10.0. The molecule has 1 aliphatic heterocycles. The molecular formula is C17H20BrN3O3. The van der Waals surface area contributed by atoms with E-state index in [2.05, 4.69) is 26.3 Å². The Balaban J connectivity index is 1.95. The number of nitrogens with one attached hydrogen (secondary N) is 1. The van der Waals surface area contributed by atoms with E-state index in [-0.39, 0.29) is 30.0 Å². The second-order valence-electron chi connectivity index (χ2n) is 6.32. The van der Waals surface area contributed by atoms with Crippen LogP contribution in [0.3, 0.4) is 0 Å². The first kappa shape index (κ1) is 17.1. The minimum absolute atomic E-state index is 0.0224. The zero-order valence-electron chi connectivity index (χ0n) is 13.7. The fourth-order valence-electron chi connectivity index (χ4n) is 2.87. The molecule has 1 aromatic carbocycles. The molecule has 3 rings (SSSR count). The fourth-order valence-corrected chi connectivity index (χ4v) is 3.24. The maximum Gasteiger partial charge on any atom is 0.275 e. The Hall–Kier alpha value is -1.73. The molecule has 128 valence electrons. The average molecular weight is 394 g/mol. The molecule has 2 heterocycles. The Morgan fingerprint density at radius 3 is 2.92 bits per heavy atom. The van der Waals surface area contributed by atoms with Crippen LogP contribution in [-0.4, -0.2) is 34.9 Å². The summed E-state index contributed by atoms with van der Waals surface area (Å²) >= 11 is 3.44. The largest absolute Gasteiger partial charge is 0.379 e. The van der Waals surface area contributed by atoms with Crippen LogP contribution in [0.15, 0.2) is 27.5 Å². The summed E-state index contributed by atoms with van der Waals surface area (Å²) in [6.45, 7) is 5.14. The smallest absolute Gasteiger partial charge is 0.275 e. The summed E-state index contributed by atoms with van der Waals surface area (Å²) in [7, 11) is 0. The number of halogens is 1. The van der Waals surface area contributed by atoms with Gasteiger partial charge >= 0.3 is 0 Å². The molecule has 24 heavy (non-hydrogen) atoms. The quantitative estimate of drug-likeness (QED) is 0.863. The van der Waals surface area contributed by atoms with E-state index < -0.39 is 0 Å². The zero-order valence-corrected chi connectivity index (χ0v) is 15.3. The van der Waals surface area contributed by atoms with Gasteiger partial charge < -0.3 is 10.1 Å². The summed E-state index contributed by atoms with van der Waals surface area (Å²) in [4.78, 5) is 24.9. The molecule has 0 unspecified atom stereocenters. The Labute approximate surface area is 148 Å². The Morgan fingerprint density at radius 2 is 2.25 bits per heavy atom. The van der Waals surface area contributed by atoms with Crippen molar-refractivity contribution in [2.75, 3.05) is 13.2 Å². The third-order valence-electron chi connectivity index (χ3n) is 4.09. The normalized spacial score (nSPS) is 17.6. The monoisotopic (exact) mass is 393 g/mol. The third-order valence-corrected chi connectivity index (χ3v) is 4.58. The SMILES string of the molecule is CC(C)c1nn(CC(=O)N[C@H]2CCOC2)c(=O)c2ccc(Br)cc12. The maximum absolute atomic E-state index is 12.7. The van der Waals surface area contributed by atoms with Gasteiger partial charge in [-0.1, -0.05) is 29.8 Å². The minimum atomic E-state index is -0.250. The van der Waals surface area contributed by atoms with E-state index in [4.69, 9.17) is 4.74 Å². The maximum atomic E-state index is 12.7. The summed E-state index contributed by atoms with van der Waals surface area (Å²) in [5.41, 5.74) is 0.558. The fraction of sp³-hybridized carbons (Fsp3) is 0.471. The van der Waals surface area contributed by atoms with Crippen LogP contribution in [0.1, 0.15) is 31.9 Å². The summed E-state index contributed by atoms with van der Waals surface area (Å²) in [5, 5.41) is 8.74. The Bertz CT molecular complexity index is 826. The second-order valence-corrected chi connectivity index (χ2v) is 7.24. The predicted octanol–water partition coefficient (Wildman–Crippen LogP) is 2.19. The van der Waals surface area contributed by atoms with Crippen LogP contribution in [0.25, 0.3) is 10.8 Å². The van der Waals surface area contributed by atoms with Crippen molar-refractivity contribution in [2.45, 2.75) is 38.8 Å². The third kappa shape index (κ3) is 3.52. The number of carbonyl (C=O) groups is 1. The highest BCUT2D eigenvalue weighted by atomic mass is 79.9. The van der Waals surface area contributed by atoms with Crippen molar-refractivity contribution in [1.82, 2.24) is 15.1 Å². The van der Waals surface area contributed by atoms with Crippen LogP contribution < -0.4 is 10.9 Å². The van der Waals surface area contributed by atoms with Gasteiger partial charge in [-0.05, 0) is 30.5 Å². The minimum Gasteiger partial charge on any atom is -0.379 e. The van der Waals surface area contributed by atoms with E-state index in [1.54, 1.807) is 6.07 Å². The van der Waals surface area contributed by atoms with Crippen LogP contribution in [0.4, 0.5) is 0 Å². The summed E-state index contributed by atoms with van der Waals surface area (Å²) in [6, 6.07) is 5.52. The van der Waals surface area contributed by atoms with Gasteiger partial charge in [0, 0.05) is 16.5 Å². The number of amides is 1. The van der Waals surface area contributed by atoms with Crippen molar-refractivity contribution in [3.8, 4) is 0 Å². The highest BCUT2D eigenvalue weighted by Gasteiger charge is 2.20. The molecule has 1 amide bonds. The van der Waals surface area contributed by atoms with E-state index in [1.165, 1.54) is 4.68 Å². The molecule has 1 N–H and O–H groups in total. The number of hydrogen-bond donors (Lipinski definition) is 1. The highest BCUT2D eigenvalue weighted by molar-refractivity contribution is 9.10. The summed E-state index contributed by atoms with van der Waals surface area (Å²) in [5.74, 6) is -0.0776. The molecule has 6 nitrogen and oxygen atoms in total. The standard InChI is InChI=1S/C17H20BrN3O3/c1-10(2)16-14-7-11(18)3-4-13(14)17(23)21(20-16)8-15(22)19-12-5-6-24-9-12/h3-4,7,10,12H,5-6,8-9H2,1-2H3,(H,19,22)/t12-/m0/s1.